The largest absolute Gasteiger partial charge is 0.444 e. The molecule has 2 N–H and O–H groups in total. The predicted molar refractivity (Wildman–Crippen MR) is 141 cm³/mol. The summed E-state index contributed by atoms with van der Waals surface area (Å²) in [5.41, 5.74) is 1.07. The molecule has 3 atom stereocenters. The smallest absolute Gasteiger partial charge is 0.408 e. The summed E-state index contributed by atoms with van der Waals surface area (Å²) in [6.45, 7) is 17.7. The van der Waals surface area contributed by atoms with Gasteiger partial charge in [0.1, 0.15) is 17.7 Å². The first kappa shape index (κ1) is 30.5. The monoisotopic (exact) mass is 489 g/mol. The van der Waals surface area contributed by atoms with Gasteiger partial charge in [-0.3, -0.25) is 9.59 Å². The van der Waals surface area contributed by atoms with Crippen LogP contribution in [0.5, 0.6) is 0 Å². The van der Waals surface area contributed by atoms with E-state index in [9.17, 15) is 14.4 Å². The quantitative estimate of drug-likeness (QED) is 0.379. The number of carbonyl (C=O) groups is 3. The second-order valence-electron chi connectivity index (χ2n) is 10.7. The average Bonchev–Trinajstić information content (AvgIpc) is 2.76. The Morgan fingerprint density at radius 1 is 1.06 bits per heavy atom. The van der Waals surface area contributed by atoms with Crippen LogP contribution in [0.2, 0.25) is 0 Å². The molecule has 0 bridgehead atoms. The van der Waals surface area contributed by atoms with Crippen molar-refractivity contribution in [3.05, 3.63) is 35.4 Å². The molecule has 1 aromatic rings. The number of ether oxygens (including phenoxy) is 1. The van der Waals surface area contributed by atoms with Crippen LogP contribution in [0.4, 0.5) is 4.79 Å². The lowest BCUT2D eigenvalue weighted by Gasteiger charge is -2.38. The summed E-state index contributed by atoms with van der Waals surface area (Å²) in [7, 11) is 0. The standard InChI is InChI=1S/C28H47N3O4/c1-10-12-13-17-29-25(32)24(22-16-14-15-20(5)18-22)31(19(3)4)26(33)23(21(6)11-2)30-27(34)35-28(7,8)9/h14-16,18-19,21,23-24H,10-13,17H2,1-9H3,(H,29,32)(H,30,34). The summed E-state index contributed by atoms with van der Waals surface area (Å²) >= 11 is 0. The molecule has 198 valence electrons. The van der Waals surface area contributed by atoms with Crippen molar-refractivity contribution in [3.8, 4) is 0 Å². The Morgan fingerprint density at radius 3 is 2.23 bits per heavy atom. The van der Waals surface area contributed by atoms with E-state index >= 15 is 0 Å². The first-order valence-electron chi connectivity index (χ1n) is 13.0. The summed E-state index contributed by atoms with van der Waals surface area (Å²) < 4.78 is 5.44. The van der Waals surface area contributed by atoms with Gasteiger partial charge in [0.25, 0.3) is 0 Å². The molecule has 3 unspecified atom stereocenters. The van der Waals surface area contributed by atoms with Gasteiger partial charge in [-0.25, -0.2) is 4.79 Å². The number of hydrogen-bond acceptors (Lipinski definition) is 4. The molecule has 0 aliphatic rings. The lowest BCUT2D eigenvalue weighted by molar-refractivity contribution is -0.145. The van der Waals surface area contributed by atoms with Crippen LogP contribution in [0.15, 0.2) is 24.3 Å². The Labute approximate surface area is 212 Å². The van der Waals surface area contributed by atoms with Crippen LogP contribution >= 0.6 is 0 Å². The summed E-state index contributed by atoms with van der Waals surface area (Å²) in [5, 5.41) is 5.83. The van der Waals surface area contributed by atoms with Crippen molar-refractivity contribution >= 4 is 17.9 Å². The molecule has 3 amide bonds. The van der Waals surface area contributed by atoms with Gasteiger partial charge in [0, 0.05) is 12.6 Å². The fourth-order valence-electron chi connectivity index (χ4n) is 3.92. The molecule has 0 saturated heterocycles. The van der Waals surface area contributed by atoms with Crippen molar-refractivity contribution < 1.29 is 19.1 Å². The molecule has 1 rings (SSSR count). The fraction of sp³-hybridized carbons (Fsp3) is 0.679. The third-order valence-corrected chi connectivity index (χ3v) is 5.93. The number of alkyl carbamates (subject to hydrolysis) is 1. The van der Waals surface area contributed by atoms with E-state index in [2.05, 4.69) is 17.6 Å². The minimum absolute atomic E-state index is 0.151. The number of hydrogen-bond donors (Lipinski definition) is 2. The average molecular weight is 490 g/mol. The number of nitrogens with one attached hydrogen (secondary N) is 2. The molecule has 0 aromatic heterocycles. The molecule has 0 radical (unpaired) electrons. The van der Waals surface area contributed by atoms with Crippen molar-refractivity contribution in [1.29, 1.82) is 0 Å². The summed E-state index contributed by atoms with van der Waals surface area (Å²) in [5.74, 6) is -0.661. The molecule has 0 aliphatic heterocycles. The lowest BCUT2D eigenvalue weighted by atomic mass is 9.94. The van der Waals surface area contributed by atoms with Crippen molar-refractivity contribution in [2.45, 2.75) is 112 Å². The van der Waals surface area contributed by atoms with E-state index in [0.717, 1.165) is 30.4 Å². The van der Waals surface area contributed by atoms with E-state index < -0.39 is 23.8 Å². The first-order valence-corrected chi connectivity index (χ1v) is 13.0. The lowest BCUT2D eigenvalue weighted by Crippen LogP contribution is -2.57. The minimum atomic E-state index is -0.822. The number of rotatable bonds is 12. The van der Waals surface area contributed by atoms with E-state index in [4.69, 9.17) is 4.74 Å². The van der Waals surface area contributed by atoms with Crippen LogP contribution in [0.1, 0.15) is 98.2 Å². The van der Waals surface area contributed by atoms with Crippen LogP contribution < -0.4 is 10.6 Å². The van der Waals surface area contributed by atoms with Crippen LogP contribution in [-0.2, 0) is 14.3 Å². The van der Waals surface area contributed by atoms with Crippen LogP contribution in [0.3, 0.4) is 0 Å². The predicted octanol–water partition coefficient (Wildman–Crippen LogP) is 5.52. The zero-order chi connectivity index (χ0) is 26.8. The molecule has 7 heteroatoms. The SMILES string of the molecule is CCCCCNC(=O)C(c1cccc(C)c1)N(C(=O)C(NC(=O)OC(C)(C)C)C(C)CC)C(C)C. The van der Waals surface area contributed by atoms with E-state index in [-0.39, 0.29) is 23.8 Å². The number of nitrogens with zero attached hydrogens (tertiary/aromatic N) is 1. The van der Waals surface area contributed by atoms with E-state index in [1.807, 2.05) is 58.9 Å². The summed E-state index contributed by atoms with van der Waals surface area (Å²) in [6, 6.07) is 5.78. The van der Waals surface area contributed by atoms with Gasteiger partial charge >= 0.3 is 6.09 Å². The van der Waals surface area contributed by atoms with Gasteiger partial charge in [-0.05, 0) is 59.4 Å². The van der Waals surface area contributed by atoms with Gasteiger partial charge < -0.3 is 20.3 Å². The second kappa shape index (κ2) is 14.1. The Bertz CT molecular complexity index is 832. The van der Waals surface area contributed by atoms with E-state index in [0.29, 0.717) is 13.0 Å². The van der Waals surface area contributed by atoms with Gasteiger partial charge in [-0.15, -0.1) is 0 Å². The fourth-order valence-corrected chi connectivity index (χ4v) is 3.92. The summed E-state index contributed by atoms with van der Waals surface area (Å²) in [6.07, 6.45) is 3.00. The minimum Gasteiger partial charge on any atom is -0.444 e. The maximum absolute atomic E-state index is 14.0. The van der Waals surface area contributed by atoms with Crippen LogP contribution in [0, 0.1) is 12.8 Å². The molecule has 35 heavy (non-hydrogen) atoms. The highest BCUT2D eigenvalue weighted by Gasteiger charge is 2.39. The number of carbonyl (C=O) groups excluding carboxylic acids is 3. The molecular weight excluding hydrogens is 442 g/mol. The zero-order valence-electron chi connectivity index (χ0n) is 23.2. The molecule has 0 spiro atoms. The Balaban J connectivity index is 3.40. The first-order chi connectivity index (χ1) is 16.3. The van der Waals surface area contributed by atoms with E-state index in [1.165, 1.54) is 0 Å². The van der Waals surface area contributed by atoms with Crippen LogP contribution in [-0.4, -0.2) is 47.0 Å². The van der Waals surface area contributed by atoms with Gasteiger partial charge in [0.15, 0.2) is 0 Å². The Kier molecular flexibility index (Phi) is 12.3. The molecule has 0 saturated carbocycles. The van der Waals surface area contributed by atoms with Gasteiger partial charge in [-0.1, -0.05) is 69.9 Å². The maximum Gasteiger partial charge on any atom is 0.408 e. The molecular formula is C28H47N3O4. The third kappa shape index (κ3) is 9.90. The van der Waals surface area contributed by atoms with Crippen molar-refractivity contribution in [3.63, 3.8) is 0 Å². The van der Waals surface area contributed by atoms with Gasteiger partial charge in [0.2, 0.25) is 11.8 Å². The normalized spacial score (nSPS) is 14.1. The zero-order valence-corrected chi connectivity index (χ0v) is 23.2. The van der Waals surface area contributed by atoms with E-state index in [1.54, 1.807) is 25.7 Å². The van der Waals surface area contributed by atoms with Gasteiger partial charge in [0.05, 0.1) is 0 Å². The topological polar surface area (TPSA) is 87.7 Å². The van der Waals surface area contributed by atoms with Crippen molar-refractivity contribution in [2.24, 2.45) is 5.92 Å². The Morgan fingerprint density at radius 2 is 1.71 bits per heavy atom. The highest BCUT2D eigenvalue weighted by Crippen LogP contribution is 2.27. The van der Waals surface area contributed by atoms with Crippen LogP contribution in [0.25, 0.3) is 0 Å². The van der Waals surface area contributed by atoms with Crippen molar-refractivity contribution in [1.82, 2.24) is 15.5 Å². The maximum atomic E-state index is 14.0. The Hall–Kier alpha value is -2.57. The second-order valence-corrected chi connectivity index (χ2v) is 10.7. The number of amides is 3. The number of unbranched alkanes of at least 4 members (excludes halogenated alkanes) is 2. The molecule has 0 aliphatic carbocycles. The number of benzene rings is 1. The highest BCUT2D eigenvalue weighted by atomic mass is 16.6. The van der Waals surface area contributed by atoms with Crippen molar-refractivity contribution in [2.75, 3.05) is 6.54 Å². The molecule has 0 heterocycles. The molecule has 0 fully saturated rings. The van der Waals surface area contributed by atoms with Gasteiger partial charge in [-0.2, -0.15) is 0 Å². The highest BCUT2D eigenvalue weighted by molar-refractivity contribution is 5.92. The molecule has 1 aromatic carbocycles. The third-order valence-electron chi connectivity index (χ3n) is 5.93. The molecule has 7 nitrogen and oxygen atoms in total. The number of aryl methyl sites for hydroxylation is 1. The summed E-state index contributed by atoms with van der Waals surface area (Å²) in [4.78, 5) is 41.8.